The summed E-state index contributed by atoms with van der Waals surface area (Å²) in [4.78, 5) is 35.1. The predicted molar refractivity (Wildman–Crippen MR) is 127 cm³/mol. The normalized spacial score (nSPS) is 13.9. The van der Waals surface area contributed by atoms with Crippen LogP contribution in [0.15, 0.2) is 48.5 Å². The quantitative estimate of drug-likeness (QED) is 0.354. The highest BCUT2D eigenvalue weighted by Crippen LogP contribution is 2.44. The molecule has 4 N–H and O–H groups in total. The summed E-state index contributed by atoms with van der Waals surface area (Å²) in [6, 6.07) is 16.4. The average Bonchev–Trinajstić information content (AvgIpc) is 3.15. The molecule has 0 heterocycles. The number of fused-ring (bicyclic) bond motifs is 3. The van der Waals surface area contributed by atoms with Crippen molar-refractivity contribution in [3.8, 4) is 11.1 Å². The number of rotatable bonds is 12. The zero-order valence-corrected chi connectivity index (χ0v) is 19.4. The average molecular weight is 469 g/mol. The first kappa shape index (κ1) is 25.2. The molecule has 0 fully saturated rings. The second kappa shape index (κ2) is 11.7. The molecule has 8 nitrogen and oxygen atoms in total. The number of benzene rings is 2. The number of aliphatic hydroxyl groups excluding tert-OH is 1. The Bertz CT molecular complexity index is 978. The number of carbonyl (C=O) groups excluding carboxylic acids is 2. The molecule has 182 valence electrons. The van der Waals surface area contributed by atoms with Crippen LogP contribution < -0.4 is 10.6 Å². The van der Waals surface area contributed by atoms with Crippen LogP contribution >= 0.6 is 0 Å². The number of amides is 2. The van der Waals surface area contributed by atoms with Gasteiger partial charge in [0.1, 0.15) is 6.61 Å². The molecule has 3 rings (SSSR count). The summed E-state index contributed by atoms with van der Waals surface area (Å²) in [5, 5.41) is 23.3. The summed E-state index contributed by atoms with van der Waals surface area (Å²) in [7, 11) is 0. The molecule has 0 bridgehead atoms. The van der Waals surface area contributed by atoms with Crippen LogP contribution in [-0.4, -0.2) is 53.5 Å². The van der Waals surface area contributed by atoms with Gasteiger partial charge in [0.25, 0.3) is 0 Å². The van der Waals surface area contributed by atoms with Crippen LogP contribution in [0.25, 0.3) is 11.1 Å². The van der Waals surface area contributed by atoms with E-state index in [-0.39, 0.29) is 18.9 Å². The van der Waals surface area contributed by atoms with Gasteiger partial charge in [-0.05, 0) is 42.0 Å². The van der Waals surface area contributed by atoms with Crippen LogP contribution in [0, 0.1) is 0 Å². The lowest BCUT2D eigenvalue weighted by Crippen LogP contribution is -2.54. The zero-order chi connectivity index (χ0) is 24.6. The monoisotopic (exact) mass is 468 g/mol. The summed E-state index contributed by atoms with van der Waals surface area (Å²) in [6.07, 6.45) is 2.66. The third-order valence-corrected chi connectivity index (χ3v) is 6.15. The number of hydrogen-bond acceptors (Lipinski definition) is 5. The van der Waals surface area contributed by atoms with E-state index >= 15 is 0 Å². The van der Waals surface area contributed by atoms with E-state index in [0.717, 1.165) is 19.3 Å². The van der Waals surface area contributed by atoms with Crippen LogP contribution in [0.2, 0.25) is 0 Å². The smallest absolute Gasteiger partial charge is 0.407 e. The lowest BCUT2D eigenvalue weighted by atomic mass is 9.98. The van der Waals surface area contributed by atoms with Crippen molar-refractivity contribution in [2.45, 2.75) is 50.5 Å². The fourth-order valence-electron chi connectivity index (χ4n) is 4.13. The first-order valence-electron chi connectivity index (χ1n) is 11.6. The van der Waals surface area contributed by atoms with E-state index in [4.69, 9.17) is 14.9 Å². The van der Waals surface area contributed by atoms with Gasteiger partial charge in [-0.3, -0.25) is 4.79 Å². The highest BCUT2D eigenvalue weighted by molar-refractivity contribution is 5.86. The van der Waals surface area contributed by atoms with E-state index in [1.807, 2.05) is 24.3 Å². The fraction of sp³-hybridized carbons (Fsp3) is 0.423. The SMILES string of the molecule is CC(CO)(NC(=O)CCCCCCNC(=O)OCC1c2ccccc2-c2ccccc21)C(=O)O. The molecule has 1 aliphatic rings. The van der Waals surface area contributed by atoms with Crippen LogP contribution in [0.1, 0.15) is 56.1 Å². The van der Waals surface area contributed by atoms with Gasteiger partial charge in [0.2, 0.25) is 5.91 Å². The summed E-state index contributed by atoms with van der Waals surface area (Å²) in [5.41, 5.74) is 3.05. The van der Waals surface area contributed by atoms with E-state index in [9.17, 15) is 14.4 Å². The van der Waals surface area contributed by atoms with Crippen molar-refractivity contribution < 1.29 is 29.3 Å². The minimum absolute atomic E-state index is 0.0260. The maximum atomic E-state index is 12.2. The number of aliphatic hydroxyl groups is 1. The fourth-order valence-corrected chi connectivity index (χ4v) is 4.13. The minimum Gasteiger partial charge on any atom is -0.479 e. The van der Waals surface area contributed by atoms with Crippen LogP contribution in [0.5, 0.6) is 0 Å². The Morgan fingerprint density at radius 3 is 2.12 bits per heavy atom. The Balaban J connectivity index is 1.31. The number of aliphatic carboxylic acids is 1. The number of unbranched alkanes of at least 4 members (excludes halogenated alkanes) is 3. The number of carboxylic acids is 1. The topological polar surface area (TPSA) is 125 Å². The number of ether oxygens (including phenoxy) is 1. The van der Waals surface area contributed by atoms with Crippen molar-refractivity contribution in [2.24, 2.45) is 0 Å². The van der Waals surface area contributed by atoms with Crippen LogP contribution in [0.3, 0.4) is 0 Å². The summed E-state index contributed by atoms with van der Waals surface area (Å²) < 4.78 is 5.50. The number of alkyl carbamates (subject to hydrolysis) is 1. The summed E-state index contributed by atoms with van der Waals surface area (Å²) in [6.45, 7) is 1.35. The standard InChI is InChI=1S/C26H32N2O6/c1-26(17-29,24(31)32)28-23(30)14-4-2-3-9-15-27-25(33)34-16-22-20-12-7-5-10-18(20)19-11-6-8-13-21(19)22/h5-8,10-13,22,29H,2-4,9,14-17H2,1H3,(H,27,33)(H,28,30)(H,31,32). The summed E-state index contributed by atoms with van der Waals surface area (Å²) >= 11 is 0. The van der Waals surface area contributed by atoms with E-state index in [0.29, 0.717) is 13.0 Å². The molecule has 34 heavy (non-hydrogen) atoms. The molecule has 0 saturated heterocycles. The number of carbonyl (C=O) groups is 3. The van der Waals surface area contributed by atoms with Crippen molar-refractivity contribution in [3.63, 3.8) is 0 Å². The molecule has 2 amide bonds. The highest BCUT2D eigenvalue weighted by atomic mass is 16.5. The second-order valence-corrected chi connectivity index (χ2v) is 8.76. The lowest BCUT2D eigenvalue weighted by molar-refractivity contribution is -0.148. The molecular weight excluding hydrogens is 436 g/mol. The molecule has 0 aromatic heterocycles. The molecule has 1 unspecified atom stereocenters. The van der Waals surface area contributed by atoms with Gasteiger partial charge in [-0.15, -0.1) is 0 Å². The number of carboxylic acid groups (broad SMARTS) is 1. The zero-order valence-electron chi connectivity index (χ0n) is 19.4. The van der Waals surface area contributed by atoms with Gasteiger partial charge in [-0.2, -0.15) is 0 Å². The third kappa shape index (κ3) is 6.14. The maximum absolute atomic E-state index is 12.2. The van der Waals surface area contributed by atoms with Crippen molar-refractivity contribution in [1.29, 1.82) is 0 Å². The van der Waals surface area contributed by atoms with E-state index < -0.39 is 30.1 Å². The first-order valence-corrected chi connectivity index (χ1v) is 11.6. The van der Waals surface area contributed by atoms with Gasteiger partial charge in [0, 0.05) is 18.9 Å². The Hall–Kier alpha value is -3.39. The Kier molecular flexibility index (Phi) is 8.65. The third-order valence-electron chi connectivity index (χ3n) is 6.15. The molecule has 0 spiro atoms. The van der Waals surface area contributed by atoms with Crippen molar-refractivity contribution in [2.75, 3.05) is 19.8 Å². The first-order chi connectivity index (χ1) is 16.4. The molecule has 0 saturated carbocycles. The molecule has 1 aliphatic carbocycles. The predicted octanol–water partition coefficient (Wildman–Crippen LogP) is 3.43. The van der Waals surface area contributed by atoms with E-state index in [2.05, 4.69) is 34.9 Å². The molecular formula is C26H32N2O6. The van der Waals surface area contributed by atoms with Crippen LogP contribution in [0.4, 0.5) is 4.79 Å². The van der Waals surface area contributed by atoms with E-state index in [1.54, 1.807) is 0 Å². The molecule has 1 atom stereocenters. The Morgan fingerprint density at radius 2 is 1.53 bits per heavy atom. The summed E-state index contributed by atoms with van der Waals surface area (Å²) in [5.74, 6) is -1.66. The van der Waals surface area contributed by atoms with Gasteiger partial charge < -0.3 is 25.6 Å². The van der Waals surface area contributed by atoms with Gasteiger partial charge >= 0.3 is 12.1 Å². The van der Waals surface area contributed by atoms with Crippen LogP contribution in [-0.2, 0) is 14.3 Å². The van der Waals surface area contributed by atoms with E-state index in [1.165, 1.54) is 29.2 Å². The number of nitrogens with one attached hydrogen (secondary N) is 2. The van der Waals surface area contributed by atoms with Gasteiger partial charge in [-0.25, -0.2) is 9.59 Å². The molecule has 0 radical (unpaired) electrons. The van der Waals surface area contributed by atoms with Crippen molar-refractivity contribution in [3.05, 3.63) is 59.7 Å². The van der Waals surface area contributed by atoms with Gasteiger partial charge in [0.15, 0.2) is 5.54 Å². The number of hydrogen-bond donors (Lipinski definition) is 4. The van der Waals surface area contributed by atoms with Gasteiger partial charge in [0.05, 0.1) is 6.61 Å². The van der Waals surface area contributed by atoms with Gasteiger partial charge in [-0.1, -0.05) is 61.4 Å². The van der Waals surface area contributed by atoms with Crippen molar-refractivity contribution in [1.82, 2.24) is 10.6 Å². The molecule has 8 heteroatoms. The minimum atomic E-state index is -1.66. The molecule has 2 aromatic rings. The molecule has 2 aromatic carbocycles. The van der Waals surface area contributed by atoms with Crippen molar-refractivity contribution >= 4 is 18.0 Å². The molecule has 0 aliphatic heterocycles. The largest absolute Gasteiger partial charge is 0.479 e. The Morgan fingerprint density at radius 1 is 0.941 bits per heavy atom. The maximum Gasteiger partial charge on any atom is 0.407 e. The second-order valence-electron chi connectivity index (χ2n) is 8.76. The lowest BCUT2D eigenvalue weighted by Gasteiger charge is -2.23. The Labute approximate surface area is 199 Å². The highest BCUT2D eigenvalue weighted by Gasteiger charge is 2.33.